The first-order valence-electron chi connectivity index (χ1n) is 6.27. The first-order chi connectivity index (χ1) is 8.85. The second-order valence-electron chi connectivity index (χ2n) is 5.64. The van der Waals surface area contributed by atoms with Crippen LogP contribution in [0.2, 0.25) is 0 Å². The molecule has 1 heterocycles. The number of fused-ring (bicyclic) bond motifs is 5. The van der Waals surface area contributed by atoms with Gasteiger partial charge < -0.3 is 19.3 Å². The monoisotopic (exact) mass is 268 g/mol. The molecule has 1 saturated heterocycles. The predicted octanol–water partition coefficient (Wildman–Crippen LogP) is 0.710. The lowest BCUT2D eigenvalue weighted by atomic mass is 9.87. The second kappa shape index (κ2) is 3.80. The van der Waals surface area contributed by atoms with Crippen LogP contribution in [-0.2, 0) is 23.8 Å². The Bertz CT molecular complexity index is 491. The van der Waals surface area contributed by atoms with Gasteiger partial charge in [-0.15, -0.1) is 0 Å². The third-order valence-electron chi connectivity index (χ3n) is 4.13. The molecule has 0 aromatic heterocycles. The molecular weight excluding hydrogens is 252 g/mol. The van der Waals surface area contributed by atoms with E-state index in [2.05, 4.69) is 0 Å². The second-order valence-corrected chi connectivity index (χ2v) is 5.64. The van der Waals surface area contributed by atoms with Crippen LogP contribution >= 0.6 is 0 Å². The number of esters is 1. The molecule has 0 aromatic rings. The maximum atomic E-state index is 11.8. The van der Waals surface area contributed by atoms with Crippen LogP contribution in [0.4, 0.5) is 0 Å². The Morgan fingerprint density at radius 3 is 2.21 bits per heavy atom. The Kier molecular flexibility index (Phi) is 2.53. The smallest absolute Gasteiger partial charge is 0.334 e. The Morgan fingerprint density at radius 2 is 1.74 bits per heavy atom. The molecule has 2 bridgehead atoms. The Hall–Kier alpha value is -1.40. The van der Waals surface area contributed by atoms with Crippen LogP contribution in [0.1, 0.15) is 20.3 Å². The van der Waals surface area contributed by atoms with Gasteiger partial charge >= 0.3 is 11.9 Å². The zero-order chi connectivity index (χ0) is 13.9. The fourth-order valence-corrected chi connectivity index (χ4v) is 3.59. The topological polar surface area (TPSA) is 82.1 Å². The summed E-state index contributed by atoms with van der Waals surface area (Å²) in [5.41, 5.74) is 0.391. The molecule has 0 radical (unpaired) electrons. The normalized spacial score (nSPS) is 38.5. The minimum atomic E-state index is -1.07. The van der Waals surface area contributed by atoms with Gasteiger partial charge in [0, 0.05) is 11.8 Å². The van der Waals surface area contributed by atoms with E-state index < -0.39 is 17.7 Å². The van der Waals surface area contributed by atoms with Gasteiger partial charge in [-0.05, 0) is 20.3 Å². The molecule has 4 atom stereocenters. The lowest BCUT2D eigenvalue weighted by molar-refractivity contribution is -0.158. The Morgan fingerprint density at radius 1 is 1.21 bits per heavy atom. The standard InChI is InChI=1S/C13H16O6/c1-13(2)18-9-5-4-6(10(9)19-13)8(12(16)17-3)7(5)11(14)15/h5-6,9-10H,4H2,1-3H3,(H,14,15). The van der Waals surface area contributed by atoms with Crippen molar-refractivity contribution < 1.29 is 28.9 Å². The molecule has 0 aromatic carbocycles. The molecule has 1 N–H and O–H groups in total. The number of carboxylic acid groups (broad SMARTS) is 1. The van der Waals surface area contributed by atoms with E-state index in [-0.39, 0.29) is 35.2 Å². The van der Waals surface area contributed by atoms with E-state index in [4.69, 9.17) is 14.2 Å². The van der Waals surface area contributed by atoms with Crippen molar-refractivity contribution in [2.24, 2.45) is 11.8 Å². The summed E-state index contributed by atoms with van der Waals surface area (Å²) in [6, 6.07) is 0. The molecule has 3 rings (SSSR count). The van der Waals surface area contributed by atoms with E-state index in [0.29, 0.717) is 6.42 Å². The van der Waals surface area contributed by atoms with E-state index in [9.17, 15) is 14.7 Å². The molecular formula is C13H16O6. The van der Waals surface area contributed by atoms with Gasteiger partial charge in [-0.2, -0.15) is 0 Å². The SMILES string of the molecule is COC(=O)C1=C(C(=O)O)C2CC1C1OC(C)(C)OC21. The van der Waals surface area contributed by atoms with Crippen LogP contribution in [0.15, 0.2) is 11.1 Å². The zero-order valence-electron chi connectivity index (χ0n) is 11.0. The fraction of sp³-hybridized carbons (Fsp3) is 0.692. The molecule has 2 fully saturated rings. The number of carbonyl (C=O) groups excluding carboxylic acids is 1. The largest absolute Gasteiger partial charge is 0.478 e. The quantitative estimate of drug-likeness (QED) is 0.743. The number of carboxylic acids is 1. The molecule has 19 heavy (non-hydrogen) atoms. The molecule has 6 heteroatoms. The number of methoxy groups -OCH3 is 1. The van der Waals surface area contributed by atoms with Crippen LogP contribution in [0.25, 0.3) is 0 Å². The summed E-state index contributed by atoms with van der Waals surface area (Å²) < 4.78 is 16.3. The van der Waals surface area contributed by atoms with Crippen LogP contribution in [0, 0.1) is 11.8 Å². The first kappa shape index (κ1) is 12.6. The van der Waals surface area contributed by atoms with Crippen molar-refractivity contribution in [1.82, 2.24) is 0 Å². The zero-order valence-corrected chi connectivity index (χ0v) is 11.0. The van der Waals surface area contributed by atoms with E-state index >= 15 is 0 Å². The summed E-state index contributed by atoms with van der Waals surface area (Å²) in [6.45, 7) is 3.59. The van der Waals surface area contributed by atoms with Gasteiger partial charge in [0.25, 0.3) is 0 Å². The van der Waals surface area contributed by atoms with Gasteiger partial charge in [-0.1, -0.05) is 0 Å². The van der Waals surface area contributed by atoms with Crippen molar-refractivity contribution in [1.29, 1.82) is 0 Å². The van der Waals surface area contributed by atoms with Crippen LogP contribution in [0.5, 0.6) is 0 Å². The average Bonchev–Trinajstić information content (AvgIpc) is 2.93. The molecule has 1 aliphatic heterocycles. The molecule has 4 unspecified atom stereocenters. The molecule has 1 saturated carbocycles. The number of rotatable bonds is 2. The van der Waals surface area contributed by atoms with E-state index in [0.717, 1.165) is 0 Å². The van der Waals surface area contributed by atoms with Crippen molar-refractivity contribution in [3.63, 3.8) is 0 Å². The minimum Gasteiger partial charge on any atom is -0.478 e. The fourth-order valence-electron chi connectivity index (χ4n) is 3.59. The molecule has 0 amide bonds. The van der Waals surface area contributed by atoms with Gasteiger partial charge in [0.05, 0.1) is 30.5 Å². The maximum Gasteiger partial charge on any atom is 0.334 e. The average molecular weight is 268 g/mol. The molecule has 0 spiro atoms. The first-order valence-corrected chi connectivity index (χ1v) is 6.27. The summed E-state index contributed by atoms with van der Waals surface area (Å²) >= 11 is 0. The summed E-state index contributed by atoms with van der Waals surface area (Å²) in [5, 5.41) is 9.34. The number of hydrogen-bond donors (Lipinski definition) is 1. The maximum absolute atomic E-state index is 11.8. The summed E-state index contributed by atoms with van der Waals surface area (Å²) in [4.78, 5) is 23.2. The third-order valence-corrected chi connectivity index (χ3v) is 4.13. The predicted molar refractivity (Wildman–Crippen MR) is 62.1 cm³/mol. The number of aliphatic carboxylic acids is 1. The van der Waals surface area contributed by atoms with E-state index in [1.807, 2.05) is 0 Å². The van der Waals surface area contributed by atoms with Crippen molar-refractivity contribution in [3.8, 4) is 0 Å². The van der Waals surface area contributed by atoms with Crippen molar-refractivity contribution in [2.45, 2.75) is 38.3 Å². The molecule has 2 aliphatic carbocycles. The van der Waals surface area contributed by atoms with Crippen molar-refractivity contribution in [2.75, 3.05) is 7.11 Å². The van der Waals surface area contributed by atoms with Gasteiger partial charge in [0.15, 0.2) is 5.79 Å². The molecule has 3 aliphatic rings. The number of carbonyl (C=O) groups is 2. The van der Waals surface area contributed by atoms with Crippen molar-refractivity contribution in [3.05, 3.63) is 11.1 Å². The Balaban J connectivity index is 2.02. The summed E-state index contributed by atoms with van der Waals surface area (Å²) in [7, 11) is 1.26. The highest BCUT2D eigenvalue weighted by Crippen LogP contribution is 2.55. The summed E-state index contributed by atoms with van der Waals surface area (Å²) in [6.07, 6.45) is 0.0500. The highest BCUT2D eigenvalue weighted by Gasteiger charge is 2.62. The van der Waals surface area contributed by atoms with E-state index in [1.54, 1.807) is 13.8 Å². The molecule has 6 nitrogen and oxygen atoms in total. The van der Waals surface area contributed by atoms with Crippen LogP contribution in [0.3, 0.4) is 0 Å². The minimum absolute atomic E-state index is 0.138. The highest BCUT2D eigenvalue weighted by molar-refractivity contribution is 6.02. The Labute approximate surface area is 110 Å². The van der Waals surface area contributed by atoms with Gasteiger partial charge in [-0.3, -0.25) is 0 Å². The lowest BCUT2D eigenvalue weighted by Gasteiger charge is -2.24. The highest BCUT2D eigenvalue weighted by atomic mass is 16.8. The van der Waals surface area contributed by atoms with Crippen LogP contribution < -0.4 is 0 Å². The van der Waals surface area contributed by atoms with E-state index in [1.165, 1.54) is 7.11 Å². The molecule has 104 valence electrons. The lowest BCUT2D eigenvalue weighted by Crippen LogP contribution is -2.35. The third kappa shape index (κ3) is 1.63. The van der Waals surface area contributed by atoms with Crippen LogP contribution in [-0.4, -0.2) is 42.1 Å². The number of ether oxygens (including phenoxy) is 3. The van der Waals surface area contributed by atoms with Crippen molar-refractivity contribution >= 4 is 11.9 Å². The summed E-state index contributed by atoms with van der Waals surface area (Å²) in [5.74, 6) is -2.91. The van der Waals surface area contributed by atoms with Gasteiger partial charge in [-0.25, -0.2) is 9.59 Å². The number of hydrogen-bond acceptors (Lipinski definition) is 5. The van der Waals surface area contributed by atoms with Gasteiger partial charge in [0.2, 0.25) is 0 Å². The van der Waals surface area contributed by atoms with Gasteiger partial charge in [0.1, 0.15) is 0 Å².